The molecule has 2 aromatic rings. The van der Waals surface area contributed by atoms with E-state index in [4.69, 9.17) is 5.73 Å². The number of hydrogen-bond acceptors (Lipinski definition) is 3. The van der Waals surface area contributed by atoms with E-state index in [0.717, 1.165) is 24.2 Å². The topological polar surface area (TPSA) is 49.5 Å². The Balaban J connectivity index is 1.64. The Kier molecular flexibility index (Phi) is 4.76. The molecule has 0 aliphatic carbocycles. The maximum absolute atomic E-state index is 10.4. The minimum absolute atomic E-state index is 0.354. The summed E-state index contributed by atoms with van der Waals surface area (Å²) >= 11 is 0. The molecule has 3 N–H and O–H groups in total. The number of benzene rings is 2. The van der Waals surface area contributed by atoms with E-state index in [0.29, 0.717) is 6.42 Å². The van der Waals surface area contributed by atoms with Gasteiger partial charge in [-0.15, -0.1) is 0 Å². The van der Waals surface area contributed by atoms with E-state index in [2.05, 4.69) is 17.0 Å². The Morgan fingerprint density at radius 2 is 1.59 bits per heavy atom. The fourth-order valence-corrected chi connectivity index (χ4v) is 3.09. The Labute approximate surface area is 132 Å². The summed E-state index contributed by atoms with van der Waals surface area (Å²) in [5.41, 5.74) is 9.58. The summed E-state index contributed by atoms with van der Waals surface area (Å²) in [6, 6.07) is 18.0. The van der Waals surface area contributed by atoms with Crippen molar-refractivity contribution in [2.24, 2.45) is 5.73 Å². The van der Waals surface area contributed by atoms with Gasteiger partial charge in [0.1, 0.15) is 0 Å². The van der Waals surface area contributed by atoms with E-state index in [1.165, 1.54) is 18.5 Å². The van der Waals surface area contributed by atoms with Gasteiger partial charge in [0.25, 0.3) is 0 Å². The lowest BCUT2D eigenvalue weighted by molar-refractivity contribution is 0.145. The van der Waals surface area contributed by atoms with E-state index in [1.807, 2.05) is 42.5 Å². The Bertz CT molecular complexity index is 576. The van der Waals surface area contributed by atoms with Crippen molar-refractivity contribution in [1.82, 2.24) is 0 Å². The molecular weight excluding hydrogens is 272 g/mol. The molecular formula is C19H24N2O. The first kappa shape index (κ1) is 15.1. The van der Waals surface area contributed by atoms with Crippen LogP contribution in [0.25, 0.3) is 0 Å². The van der Waals surface area contributed by atoms with Crippen molar-refractivity contribution in [2.75, 3.05) is 18.0 Å². The molecule has 0 aromatic heterocycles. The summed E-state index contributed by atoms with van der Waals surface area (Å²) < 4.78 is 0. The number of nitrogens with zero attached hydrogens (tertiary/aromatic N) is 1. The standard InChI is InChI=1S/C19H24N2O/c20-19(18(22)14-15-6-2-1-3-7-15)16-8-10-17(11-9-16)21-12-4-5-13-21/h1-3,6-11,18-19,22H,4-5,12-14,20H2/t18-,19+/m0/s1. The normalized spacial score (nSPS) is 17.5. The average molecular weight is 296 g/mol. The number of nitrogens with two attached hydrogens (primary N) is 1. The summed E-state index contributed by atoms with van der Waals surface area (Å²) in [4.78, 5) is 2.40. The van der Waals surface area contributed by atoms with Crippen molar-refractivity contribution in [2.45, 2.75) is 31.4 Å². The van der Waals surface area contributed by atoms with Gasteiger partial charge in [0, 0.05) is 25.2 Å². The van der Waals surface area contributed by atoms with Crippen molar-refractivity contribution in [3.05, 3.63) is 65.7 Å². The molecule has 1 heterocycles. The zero-order valence-corrected chi connectivity index (χ0v) is 12.9. The monoisotopic (exact) mass is 296 g/mol. The molecule has 0 saturated carbocycles. The van der Waals surface area contributed by atoms with Crippen molar-refractivity contribution in [3.8, 4) is 0 Å². The van der Waals surface area contributed by atoms with Crippen LogP contribution in [0.2, 0.25) is 0 Å². The Morgan fingerprint density at radius 3 is 2.23 bits per heavy atom. The van der Waals surface area contributed by atoms with Crippen LogP contribution >= 0.6 is 0 Å². The largest absolute Gasteiger partial charge is 0.391 e. The fourth-order valence-electron chi connectivity index (χ4n) is 3.09. The van der Waals surface area contributed by atoms with E-state index in [9.17, 15) is 5.11 Å². The van der Waals surface area contributed by atoms with Gasteiger partial charge >= 0.3 is 0 Å². The van der Waals surface area contributed by atoms with Crippen LogP contribution in [0, 0.1) is 0 Å². The van der Waals surface area contributed by atoms with Crippen molar-refractivity contribution < 1.29 is 5.11 Å². The molecule has 3 nitrogen and oxygen atoms in total. The van der Waals surface area contributed by atoms with Crippen LogP contribution in [0.3, 0.4) is 0 Å². The van der Waals surface area contributed by atoms with Crippen LogP contribution in [0.5, 0.6) is 0 Å². The minimum Gasteiger partial charge on any atom is -0.391 e. The fraction of sp³-hybridized carbons (Fsp3) is 0.368. The van der Waals surface area contributed by atoms with Crippen LogP contribution in [0.15, 0.2) is 54.6 Å². The van der Waals surface area contributed by atoms with Crippen LogP contribution in [-0.2, 0) is 6.42 Å². The second-order valence-corrected chi connectivity index (χ2v) is 6.07. The number of anilines is 1. The Hall–Kier alpha value is -1.84. The lowest BCUT2D eigenvalue weighted by Gasteiger charge is -2.22. The third-order valence-electron chi connectivity index (χ3n) is 4.45. The number of rotatable bonds is 5. The highest BCUT2D eigenvalue weighted by molar-refractivity contribution is 5.48. The van der Waals surface area contributed by atoms with Gasteiger partial charge in [0.2, 0.25) is 0 Å². The molecule has 3 rings (SSSR count). The van der Waals surface area contributed by atoms with Gasteiger partial charge in [-0.25, -0.2) is 0 Å². The smallest absolute Gasteiger partial charge is 0.0773 e. The highest BCUT2D eigenvalue weighted by Gasteiger charge is 2.18. The molecule has 3 heteroatoms. The molecule has 1 saturated heterocycles. The third-order valence-corrected chi connectivity index (χ3v) is 4.45. The van der Waals surface area contributed by atoms with Gasteiger partial charge in [-0.1, -0.05) is 42.5 Å². The zero-order valence-electron chi connectivity index (χ0n) is 12.9. The summed E-state index contributed by atoms with van der Waals surface area (Å²) in [7, 11) is 0. The maximum atomic E-state index is 10.4. The molecule has 0 bridgehead atoms. The molecule has 2 aromatic carbocycles. The van der Waals surface area contributed by atoms with Gasteiger partial charge in [-0.2, -0.15) is 0 Å². The summed E-state index contributed by atoms with van der Waals surface area (Å²) in [5, 5.41) is 10.4. The lowest BCUT2D eigenvalue weighted by atomic mass is 9.96. The van der Waals surface area contributed by atoms with Crippen LogP contribution in [0.4, 0.5) is 5.69 Å². The molecule has 1 aliphatic rings. The summed E-state index contributed by atoms with van der Waals surface area (Å²) in [6.07, 6.45) is 2.56. The van der Waals surface area contributed by atoms with Gasteiger partial charge in [0.15, 0.2) is 0 Å². The maximum Gasteiger partial charge on any atom is 0.0773 e. The average Bonchev–Trinajstić information content (AvgIpc) is 3.10. The van der Waals surface area contributed by atoms with Gasteiger partial charge < -0.3 is 15.7 Å². The molecule has 0 radical (unpaired) electrons. The predicted octanol–water partition coefficient (Wildman–Crippen LogP) is 2.89. The van der Waals surface area contributed by atoms with Gasteiger partial charge in [0.05, 0.1) is 12.1 Å². The van der Waals surface area contributed by atoms with Crippen LogP contribution in [-0.4, -0.2) is 24.3 Å². The molecule has 1 aliphatic heterocycles. The number of aliphatic hydroxyl groups excluding tert-OH is 1. The highest BCUT2D eigenvalue weighted by Crippen LogP contribution is 2.24. The number of hydrogen-bond donors (Lipinski definition) is 2. The molecule has 2 atom stereocenters. The quantitative estimate of drug-likeness (QED) is 0.892. The van der Waals surface area contributed by atoms with Crippen LogP contribution in [0.1, 0.15) is 30.0 Å². The van der Waals surface area contributed by atoms with E-state index < -0.39 is 6.10 Å². The first-order valence-electron chi connectivity index (χ1n) is 8.06. The molecule has 0 amide bonds. The lowest BCUT2D eigenvalue weighted by Crippen LogP contribution is -2.28. The van der Waals surface area contributed by atoms with Gasteiger partial charge in [-0.3, -0.25) is 0 Å². The molecule has 22 heavy (non-hydrogen) atoms. The second kappa shape index (κ2) is 6.95. The first-order valence-corrected chi connectivity index (χ1v) is 8.06. The SMILES string of the molecule is N[C@H](c1ccc(N2CCCC2)cc1)[C@@H](O)Cc1ccccc1. The molecule has 1 fully saturated rings. The third kappa shape index (κ3) is 3.49. The summed E-state index contributed by atoms with van der Waals surface area (Å²) in [6.45, 7) is 2.28. The summed E-state index contributed by atoms with van der Waals surface area (Å²) in [5.74, 6) is 0. The molecule has 116 valence electrons. The van der Waals surface area contributed by atoms with Crippen molar-refractivity contribution >= 4 is 5.69 Å². The number of aliphatic hydroxyl groups is 1. The first-order chi connectivity index (χ1) is 10.7. The van der Waals surface area contributed by atoms with Crippen molar-refractivity contribution in [1.29, 1.82) is 0 Å². The van der Waals surface area contributed by atoms with Crippen molar-refractivity contribution in [3.63, 3.8) is 0 Å². The van der Waals surface area contributed by atoms with E-state index in [-0.39, 0.29) is 6.04 Å². The zero-order chi connectivity index (χ0) is 15.4. The van der Waals surface area contributed by atoms with E-state index >= 15 is 0 Å². The minimum atomic E-state index is -0.569. The molecule has 0 spiro atoms. The van der Waals surface area contributed by atoms with Gasteiger partial charge in [-0.05, 0) is 36.1 Å². The van der Waals surface area contributed by atoms with Crippen LogP contribution < -0.4 is 10.6 Å². The highest BCUT2D eigenvalue weighted by atomic mass is 16.3. The van der Waals surface area contributed by atoms with E-state index in [1.54, 1.807) is 0 Å². The molecule has 0 unspecified atom stereocenters. The predicted molar refractivity (Wildman–Crippen MR) is 91.0 cm³/mol. The Morgan fingerprint density at radius 1 is 0.955 bits per heavy atom. The second-order valence-electron chi connectivity index (χ2n) is 6.07.